The summed E-state index contributed by atoms with van der Waals surface area (Å²) >= 11 is 0. The number of hydrogen-bond donors (Lipinski definition) is 1. The van der Waals surface area contributed by atoms with Gasteiger partial charge in [-0.3, -0.25) is 4.79 Å². The fraction of sp³-hybridized carbons (Fsp3) is 0. The van der Waals surface area contributed by atoms with Crippen molar-refractivity contribution < 1.29 is 4.79 Å². The number of primary amides is 1. The fourth-order valence-corrected chi connectivity index (χ4v) is 1.39. The summed E-state index contributed by atoms with van der Waals surface area (Å²) in [6.45, 7) is 0. The first kappa shape index (κ1) is 9.33. The molecule has 2 N–H and O–H groups in total. The van der Waals surface area contributed by atoms with Crippen LogP contribution in [0.25, 0.3) is 11.1 Å². The van der Waals surface area contributed by atoms with Crippen molar-refractivity contribution in [2.24, 2.45) is 5.73 Å². The maximum atomic E-state index is 11.2. The van der Waals surface area contributed by atoms with E-state index in [0.29, 0.717) is 5.56 Å². The first-order chi connectivity index (χ1) is 7.29. The third kappa shape index (κ3) is 1.83. The molecule has 1 aromatic heterocycles. The van der Waals surface area contributed by atoms with Crippen LogP contribution in [0, 0.1) is 0 Å². The maximum Gasteiger partial charge on any atom is 0.249 e. The zero-order valence-electron chi connectivity index (χ0n) is 7.92. The van der Waals surface area contributed by atoms with E-state index in [1.165, 1.54) is 6.33 Å². The number of hydrogen-bond acceptors (Lipinski definition) is 3. The summed E-state index contributed by atoms with van der Waals surface area (Å²) in [4.78, 5) is 19.0. The van der Waals surface area contributed by atoms with Gasteiger partial charge in [-0.2, -0.15) is 0 Å². The van der Waals surface area contributed by atoms with Gasteiger partial charge in [0.1, 0.15) is 6.33 Å². The highest BCUT2D eigenvalue weighted by molar-refractivity contribution is 5.99. The molecular formula is C11H9N3O. The van der Waals surface area contributed by atoms with Crippen LogP contribution < -0.4 is 5.73 Å². The summed E-state index contributed by atoms with van der Waals surface area (Å²) in [5.74, 6) is -0.450. The van der Waals surface area contributed by atoms with E-state index in [9.17, 15) is 4.79 Å². The number of benzene rings is 1. The van der Waals surface area contributed by atoms with Crippen molar-refractivity contribution in [3.05, 3.63) is 48.5 Å². The summed E-state index contributed by atoms with van der Waals surface area (Å²) in [5.41, 5.74) is 7.29. The van der Waals surface area contributed by atoms with E-state index in [2.05, 4.69) is 9.97 Å². The van der Waals surface area contributed by atoms with Gasteiger partial charge in [-0.15, -0.1) is 0 Å². The predicted octanol–water partition coefficient (Wildman–Crippen LogP) is 1.24. The van der Waals surface area contributed by atoms with E-state index >= 15 is 0 Å². The summed E-state index contributed by atoms with van der Waals surface area (Å²) < 4.78 is 0. The molecule has 0 saturated carbocycles. The van der Waals surface area contributed by atoms with Crippen molar-refractivity contribution in [3.8, 4) is 11.1 Å². The topological polar surface area (TPSA) is 68.9 Å². The van der Waals surface area contributed by atoms with Crippen LogP contribution in [-0.4, -0.2) is 15.9 Å². The number of nitrogens with zero attached hydrogens (tertiary/aromatic N) is 2. The van der Waals surface area contributed by atoms with Crippen LogP contribution in [0.15, 0.2) is 43.0 Å². The van der Waals surface area contributed by atoms with Crippen LogP contribution in [0.2, 0.25) is 0 Å². The Morgan fingerprint density at radius 1 is 1.13 bits per heavy atom. The highest BCUT2D eigenvalue weighted by Gasteiger charge is 2.08. The summed E-state index contributed by atoms with van der Waals surface area (Å²) in [7, 11) is 0. The van der Waals surface area contributed by atoms with Crippen molar-refractivity contribution in [1.82, 2.24) is 9.97 Å². The monoisotopic (exact) mass is 199 g/mol. The van der Waals surface area contributed by atoms with Crippen LogP contribution in [0.5, 0.6) is 0 Å². The molecule has 0 aliphatic heterocycles. The van der Waals surface area contributed by atoms with E-state index in [1.807, 2.05) is 12.1 Å². The minimum absolute atomic E-state index is 0.450. The summed E-state index contributed by atoms with van der Waals surface area (Å²) in [6.07, 6.45) is 4.74. The molecule has 0 aliphatic carbocycles. The smallest absolute Gasteiger partial charge is 0.249 e. The Kier molecular flexibility index (Phi) is 2.41. The van der Waals surface area contributed by atoms with E-state index in [-0.39, 0.29) is 0 Å². The number of aromatic nitrogens is 2. The van der Waals surface area contributed by atoms with E-state index < -0.39 is 5.91 Å². The van der Waals surface area contributed by atoms with Gasteiger partial charge in [0, 0.05) is 23.5 Å². The van der Waals surface area contributed by atoms with E-state index in [1.54, 1.807) is 24.5 Å². The molecule has 1 heterocycles. The molecular weight excluding hydrogens is 190 g/mol. The molecule has 2 rings (SSSR count). The van der Waals surface area contributed by atoms with Crippen molar-refractivity contribution in [2.75, 3.05) is 0 Å². The van der Waals surface area contributed by atoms with Crippen molar-refractivity contribution in [2.45, 2.75) is 0 Å². The van der Waals surface area contributed by atoms with Gasteiger partial charge in [0.05, 0.1) is 0 Å². The molecule has 15 heavy (non-hydrogen) atoms. The molecule has 0 aliphatic rings. The van der Waals surface area contributed by atoms with Gasteiger partial charge in [0.15, 0.2) is 0 Å². The normalized spacial score (nSPS) is 9.87. The summed E-state index contributed by atoms with van der Waals surface area (Å²) in [5, 5.41) is 0. The summed E-state index contributed by atoms with van der Waals surface area (Å²) in [6, 6.07) is 7.12. The minimum atomic E-state index is -0.450. The Bertz CT molecular complexity index is 482. The van der Waals surface area contributed by atoms with Crippen LogP contribution in [0.1, 0.15) is 10.4 Å². The average Bonchev–Trinajstić information content (AvgIpc) is 2.30. The molecule has 4 heteroatoms. The number of nitrogens with two attached hydrogens (primary N) is 1. The quantitative estimate of drug-likeness (QED) is 0.791. The van der Waals surface area contributed by atoms with Crippen LogP contribution in [0.4, 0.5) is 0 Å². The van der Waals surface area contributed by atoms with Gasteiger partial charge in [-0.25, -0.2) is 9.97 Å². The van der Waals surface area contributed by atoms with E-state index in [4.69, 9.17) is 5.73 Å². The number of carbonyl (C=O) groups is 1. The molecule has 0 bridgehead atoms. The number of amides is 1. The van der Waals surface area contributed by atoms with Gasteiger partial charge in [-0.05, 0) is 11.6 Å². The Labute approximate surface area is 86.8 Å². The van der Waals surface area contributed by atoms with Crippen LogP contribution in [-0.2, 0) is 0 Å². The van der Waals surface area contributed by atoms with Gasteiger partial charge < -0.3 is 5.73 Å². The number of carbonyl (C=O) groups excluding carboxylic acids is 1. The van der Waals surface area contributed by atoms with Crippen LogP contribution >= 0.6 is 0 Å². The van der Waals surface area contributed by atoms with E-state index in [0.717, 1.165) is 11.1 Å². The maximum absolute atomic E-state index is 11.2. The molecule has 2 aromatic rings. The molecule has 0 unspecified atom stereocenters. The van der Waals surface area contributed by atoms with Gasteiger partial charge >= 0.3 is 0 Å². The predicted molar refractivity (Wildman–Crippen MR) is 56.0 cm³/mol. The zero-order valence-corrected chi connectivity index (χ0v) is 7.92. The largest absolute Gasteiger partial charge is 0.366 e. The third-order valence-electron chi connectivity index (χ3n) is 2.06. The highest BCUT2D eigenvalue weighted by atomic mass is 16.1. The Balaban J connectivity index is 2.58. The lowest BCUT2D eigenvalue weighted by Gasteiger charge is -2.04. The second-order valence-electron chi connectivity index (χ2n) is 3.04. The first-order valence-corrected chi connectivity index (χ1v) is 4.43. The highest BCUT2D eigenvalue weighted by Crippen LogP contribution is 2.21. The van der Waals surface area contributed by atoms with Crippen LogP contribution in [0.3, 0.4) is 0 Å². The third-order valence-corrected chi connectivity index (χ3v) is 2.06. The van der Waals surface area contributed by atoms with Gasteiger partial charge in [-0.1, -0.05) is 18.2 Å². The van der Waals surface area contributed by atoms with Gasteiger partial charge in [0.25, 0.3) is 0 Å². The van der Waals surface area contributed by atoms with Gasteiger partial charge in [0.2, 0.25) is 5.91 Å². The molecule has 74 valence electrons. The van der Waals surface area contributed by atoms with Crippen molar-refractivity contribution >= 4 is 5.91 Å². The fourth-order valence-electron chi connectivity index (χ4n) is 1.39. The molecule has 1 amide bonds. The lowest BCUT2D eigenvalue weighted by atomic mass is 10.0. The Morgan fingerprint density at radius 2 is 1.80 bits per heavy atom. The Hall–Kier alpha value is -2.23. The molecule has 0 fully saturated rings. The first-order valence-electron chi connectivity index (χ1n) is 4.43. The molecule has 1 aromatic carbocycles. The lowest BCUT2D eigenvalue weighted by Crippen LogP contribution is -2.12. The number of rotatable bonds is 2. The molecule has 4 nitrogen and oxygen atoms in total. The molecule has 0 spiro atoms. The standard InChI is InChI=1S/C11H9N3O/c12-11(15)10-4-2-1-3-9(10)8-5-13-7-14-6-8/h1-7H,(H2,12,15). The molecule has 0 radical (unpaired) electrons. The SMILES string of the molecule is NC(=O)c1ccccc1-c1cncnc1. The lowest BCUT2D eigenvalue weighted by molar-refractivity contribution is 0.100. The zero-order chi connectivity index (χ0) is 10.7. The second-order valence-corrected chi connectivity index (χ2v) is 3.04. The van der Waals surface area contributed by atoms with Crippen molar-refractivity contribution in [3.63, 3.8) is 0 Å². The Morgan fingerprint density at radius 3 is 2.47 bits per heavy atom. The van der Waals surface area contributed by atoms with Crippen molar-refractivity contribution in [1.29, 1.82) is 0 Å². The average molecular weight is 199 g/mol. The molecule has 0 atom stereocenters. The second kappa shape index (κ2) is 3.88. The minimum Gasteiger partial charge on any atom is -0.366 e. The molecule has 0 saturated heterocycles.